The van der Waals surface area contributed by atoms with Crippen molar-refractivity contribution in [3.63, 3.8) is 0 Å². The molecule has 0 aliphatic carbocycles. The van der Waals surface area contributed by atoms with E-state index in [4.69, 9.17) is 37.9 Å². The van der Waals surface area contributed by atoms with E-state index in [1.165, 1.54) is 24.4 Å². The maximum atomic E-state index is 14.0. The molecule has 1 atom stereocenters. The molecule has 0 bridgehead atoms. The summed E-state index contributed by atoms with van der Waals surface area (Å²) in [5.74, 6) is -1.11. The van der Waals surface area contributed by atoms with E-state index in [9.17, 15) is 32.3 Å². The minimum Gasteiger partial charge on any atom is -0.382 e. The predicted octanol–water partition coefficient (Wildman–Crippen LogP) is 7.44. The highest BCUT2D eigenvalue weighted by Gasteiger charge is 2.31. The van der Waals surface area contributed by atoms with Crippen LogP contribution < -0.4 is 15.5 Å². The summed E-state index contributed by atoms with van der Waals surface area (Å²) in [6.07, 6.45) is -0.419. The molecule has 0 unspecified atom stereocenters. The zero-order chi connectivity index (χ0) is 56.7. The highest BCUT2D eigenvalue weighted by atomic mass is 19.4. The Balaban J connectivity index is 1.00. The molecule has 2 heterocycles. The van der Waals surface area contributed by atoms with Gasteiger partial charge in [-0.15, -0.1) is 0 Å². The van der Waals surface area contributed by atoms with Gasteiger partial charge in [0.05, 0.1) is 115 Å². The van der Waals surface area contributed by atoms with Gasteiger partial charge in [-0.25, -0.2) is 0 Å². The number of anilines is 2. The topological polar surface area (TPSA) is 189 Å². The van der Waals surface area contributed by atoms with E-state index < -0.39 is 23.6 Å². The van der Waals surface area contributed by atoms with Crippen LogP contribution in [0.3, 0.4) is 0 Å². The summed E-state index contributed by atoms with van der Waals surface area (Å²) < 4.78 is 83.4. The monoisotopic (exact) mass is 1110 g/mol. The Labute approximate surface area is 462 Å². The van der Waals surface area contributed by atoms with Gasteiger partial charge in [-0.1, -0.05) is 18.2 Å². The third-order valence-corrected chi connectivity index (χ3v) is 12.9. The van der Waals surface area contributed by atoms with Crippen molar-refractivity contribution in [1.82, 2.24) is 20.1 Å². The summed E-state index contributed by atoms with van der Waals surface area (Å²) in [5, 5.41) is 5.67. The first-order valence-electron chi connectivity index (χ1n) is 27.1. The largest absolute Gasteiger partial charge is 0.416 e. The SMILES string of the molecule is CCN(CC)c1ccc(NC(=O)c2cccc(C(=O)N(C)CCN3CCC[C@H]3C(=O)CCCOCCOCCOCCOCCOCCOCCOCCOC)c2)c(-c2cc(C(=O)NCc3cccc(C(F)(F)F)c3)ccn2)c1. The van der Waals surface area contributed by atoms with E-state index in [0.29, 0.717) is 161 Å². The molecule has 1 aliphatic rings. The summed E-state index contributed by atoms with van der Waals surface area (Å²) in [6.45, 7) is 14.1. The van der Waals surface area contributed by atoms with E-state index in [2.05, 4.69) is 25.4 Å². The van der Waals surface area contributed by atoms with E-state index in [0.717, 1.165) is 37.2 Å². The van der Waals surface area contributed by atoms with E-state index in [1.54, 1.807) is 55.5 Å². The van der Waals surface area contributed by atoms with Gasteiger partial charge in [0.15, 0.2) is 0 Å². The average molecular weight is 1110 g/mol. The van der Waals surface area contributed by atoms with Gasteiger partial charge in [0, 0.05) is 94.0 Å². The van der Waals surface area contributed by atoms with Crippen molar-refractivity contribution in [2.45, 2.75) is 58.3 Å². The minimum atomic E-state index is -4.52. The van der Waals surface area contributed by atoms with Gasteiger partial charge in [-0.2, -0.15) is 13.2 Å². The third kappa shape index (κ3) is 22.7. The van der Waals surface area contributed by atoms with Crippen molar-refractivity contribution in [1.29, 1.82) is 0 Å². The number of benzene rings is 3. The maximum Gasteiger partial charge on any atom is 0.416 e. The predicted molar refractivity (Wildman–Crippen MR) is 294 cm³/mol. The second kappa shape index (κ2) is 35.7. The number of hydrogen-bond acceptors (Lipinski definition) is 15. The molecule has 0 spiro atoms. The fraction of sp³-hybridized carbons (Fsp3) is 0.534. The molecule has 4 aromatic rings. The lowest BCUT2D eigenvalue weighted by atomic mass is 10.0. The van der Waals surface area contributed by atoms with Crippen LogP contribution in [0.1, 0.15) is 81.7 Å². The number of aromatic nitrogens is 1. The Morgan fingerprint density at radius 2 is 1.27 bits per heavy atom. The molecule has 1 aromatic heterocycles. The number of ether oxygens (including phenoxy) is 8. The number of carbonyl (C=O) groups excluding carboxylic acids is 4. The fourth-order valence-corrected chi connectivity index (χ4v) is 8.63. The van der Waals surface area contributed by atoms with Crippen LogP contribution in [0.5, 0.6) is 0 Å². The van der Waals surface area contributed by atoms with Crippen molar-refractivity contribution in [2.24, 2.45) is 0 Å². The van der Waals surface area contributed by atoms with Crippen LogP contribution >= 0.6 is 0 Å². The van der Waals surface area contributed by atoms with Crippen LogP contribution in [0.15, 0.2) is 85.1 Å². The zero-order valence-electron chi connectivity index (χ0n) is 46.2. The summed E-state index contributed by atoms with van der Waals surface area (Å²) >= 11 is 0. The number of nitrogens with zero attached hydrogens (tertiary/aromatic N) is 4. The number of ketones is 1. The molecule has 1 saturated heterocycles. The number of likely N-dealkylation sites (N-methyl/N-ethyl adjacent to an activating group) is 1. The Morgan fingerprint density at radius 1 is 0.684 bits per heavy atom. The molecule has 2 N–H and O–H groups in total. The van der Waals surface area contributed by atoms with E-state index >= 15 is 0 Å². The molecule has 3 amide bonds. The standard InChI is InChI=1S/C58H79F3N6O12/c1-5-66(6-2)49-17-18-51(50(42-49)52-41-46(19-20-62-52)55(69)63-43-44-11-7-14-48(39-44)58(59,60)61)64-56(70)45-12-8-13-47(40-45)57(71)65(3)22-23-67-21-9-15-53(67)54(68)16-10-24-73-27-28-75-31-32-77-35-36-79-38-37-78-34-33-76-30-29-74-26-25-72-4/h7-8,11-14,17-20,39-42,53H,5-6,9-10,15-16,21-38,43H2,1-4H3,(H,63,69)(H,64,70)/t53-/m0/s1. The van der Waals surface area contributed by atoms with E-state index in [-0.39, 0.29) is 41.0 Å². The number of rotatable bonds is 39. The first kappa shape index (κ1) is 63.9. The fourth-order valence-electron chi connectivity index (χ4n) is 8.63. The molecule has 434 valence electrons. The van der Waals surface area contributed by atoms with Gasteiger partial charge < -0.3 is 58.3 Å². The first-order valence-corrected chi connectivity index (χ1v) is 27.1. The number of likely N-dealkylation sites (tertiary alicyclic amines) is 1. The first-order chi connectivity index (χ1) is 38.3. The normalized spacial score (nSPS) is 13.6. The smallest absolute Gasteiger partial charge is 0.382 e. The number of methoxy groups -OCH3 is 1. The van der Waals surface area contributed by atoms with Gasteiger partial charge >= 0.3 is 6.18 Å². The van der Waals surface area contributed by atoms with Crippen LogP contribution in [0.4, 0.5) is 24.5 Å². The number of amides is 3. The zero-order valence-corrected chi connectivity index (χ0v) is 46.2. The Kier molecular flexibility index (Phi) is 28.9. The average Bonchev–Trinajstić information content (AvgIpc) is 3.97. The number of carbonyl (C=O) groups is 4. The lowest BCUT2D eigenvalue weighted by molar-refractivity contribution is -0.137. The highest BCUT2D eigenvalue weighted by molar-refractivity contribution is 6.08. The van der Waals surface area contributed by atoms with Gasteiger partial charge in [0.1, 0.15) is 5.78 Å². The summed E-state index contributed by atoms with van der Waals surface area (Å²) in [5.41, 5.74) is 2.42. The molecule has 18 nitrogen and oxygen atoms in total. The highest BCUT2D eigenvalue weighted by Crippen LogP contribution is 2.33. The molecule has 3 aromatic carbocycles. The van der Waals surface area contributed by atoms with Crippen molar-refractivity contribution in [3.8, 4) is 11.3 Å². The molecule has 1 aliphatic heterocycles. The summed E-state index contributed by atoms with van der Waals surface area (Å²) in [7, 11) is 3.33. The third-order valence-electron chi connectivity index (χ3n) is 12.9. The second-order valence-corrected chi connectivity index (χ2v) is 18.5. The number of Topliss-reactive ketones (excluding diaryl/α,β-unsaturated/α-hetero) is 1. The quantitative estimate of drug-likeness (QED) is 0.0419. The van der Waals surface area contributed by atoms with Crippen molar-refractivity contribution < 1.29 is 70.2 Å². The molecule has 21 heteroatoms. The Morgan fingerprint density at radius 3 is 1.87 bits per heavy atom. The van der Waals surface area contributed by atoms with Crippen LogP contribution in [0.25, 0.3) is 11.3 Å². The number of nitrogens with one attached hydrogen (secondary N) is 2. The molecular weight excluding hydrogens is 1030 g/mol. The molecule has 1 fully saturated rings. The molecule has 0 radical (unpaired) electrons. The summed E-state index contributed by atoms with van der Waals surface area (Å²) in [4.78, 5) is 64.7. The van der Waals surface area contributed by atoms with Gasteiger partial charge in [0.25, 0.3) is 17.7 Å². The van der Waals surface area contributed by atoms with Crippen molar-refractivity contribution in [3.05, 3.63) is 113 Å². The maximum absolute atomic E-state index is 14.0. The molecule has 79 heavy (non-hydrogen) atoms. The number of hydrogen-bond donors (Lipinski definition) is 2. The Bertz CT molecular complexity index is 2470. The molecule has 5 rings (SSSR count). The van der Waals surface area contributed by atoms with Crippen LogP contribution in [0.2, 0.25) is 0 Å². The second-order valence-electron chi connectivity index (χ2n) is 18.5. The Hall–Kier alpha value is -5.88. The van der Waals surface area contributed by atoms with Gasteiger partial charge in [-0.3, -0.25) is 29.1 Å². The van der Waals surface area contributed by atoms with Crippen molar-refractivity contribution in [2.75, 3.05) is 156 Å². The van der Waals surface area contributed by atoms with Crippen molar-refractivity contribution >= 4 is 34.9 Å². The van der Waals surface area contributed by atoms with Crippen LogP contribution in [-0.2, 0) is 55.4 Å². The lowest BCUT2D eigenvalue weighted by Gasteiger charge is -2.26. The number of alkyl halides is 3. The van der Waals surface area contributed by atoms with Crippen LogP contribution in [-0.4, -0.2) is 190 Å². The number of pyridine rings is 1. The summed E-state index contributed by atoms with van der Waals surface area (Å²) in [6, 6.07) is 19.6. The van der Waals surface area contributed by atoms with Gasteiger partial charge in [-0.05, 0) is 106 Å². The lowest BCUT2D eigenvalue weighted by Crippen LogP contribution is -2.41. The molecular formula is C58H79F3N6O12. The van der Waals surface area contributed by atoms with Gasteiger partial charge in [0.2, 0.25) is 0 Å². The minimum absolute atomic E-state index is 0.130. The molecule has 0 saturated carbocycles. The van der Waals surface area contributed by atoms with E-state index in [1.807, 2.05) is 26.0 Å². The van der Waals surface area contributed by atoms with Crippen LogP contribution in [0, 0.1) is 0 Å². The number of halogens is 3.